The van der Waals surface area contributed by atoms with Crippen LogP contribution in [0.5, 0.6) is 0 Å². The van der Waals surface area contributed by atoms with E-state index in [4.69, 9.17) is 10.8 Å². The summed E-state index contributed by atoms with van der Waals surface area (Å²) in [5.41, 5.74) is 9.55. The van der Waals surface area contributed by atoms with E-state index < -0.39 is 5.91 Å². The lowest BCUT2D eigenvalue weighted by Gasteiger charge is -2.20. The lowest BCUT2D eigenvalue weighted by molar-refractivity contribution is -0.127. The maximum absolute atomic E-state index is 13.1. The van der Waals surface area contributed by atoms with Crippen molar-refractivity contribution in [3.8, 4) is 16.9 Å². The number of amides is 2. The lowest BCUT2D eigenvalue weighted by Crippen LogP contribution is -2.32. The van der Waals surface area contributed by atoms with Gasteiger partial charge < -0.3 is 10.6 Å². The van der Waals surface area contributed by atoms with E-state index in [2.05, 4.69) is 4.98 Å². The number of rotatable bonds is 9. The van der Waals surface area contributed by atoms with E-state index in [-0.39, 0.29) is 18.9 Å². The molecule has 0 bridgehead atoms. The van der Waals surface area contributed by atoms with Crippen molar-refractivity contribution in [2.75, 3.05) is 6.54 Å². The van der Waals surface area contributed by atoms with Gasteiger partial charge in [0.2, 0.25) is 11.8 Å². The molecule has 7 heteroatoms. The van der Waals surface area contributed by atoms with Crippen LogP contribution >= 0.6 is 0 Å². The smallest absolute Gasteiger partial charge is 0.246 e. The van der Waals surface area contributed by atoms with Gasteiger partial charge in [-0.15, -0.1) is 0 Å². The zero-order valence-corrected chi connectivity index (χ0v) is 18.6. The third kappa shape index (κ3) is 5.83. The summed E-state index contributed by atoms with van der Waals surface area (Å²) in [4.78, 5) is 30.3. The van der Waals surface area contributed by atoms with Crippen molar-refractivity contribution in [1.82, 2.24) is 19.7 Å². The average Bonchev–Trinajstić information content (AvgIpc) is 3.31. The molecule has 2 aromatic heterocycles. The molecule has 0 aliphatic carbocycles. The fraction of sp³-hybridized carbons (Fsp3) is 0.111. The molecule has 0 unspecified atom stereocenters. The number of pyridine rings is 1. The molecule has 4 aromatic rings. The molecule has 0 spiro atoms. The minimum Gasteiger partial charge on any atom is -0.370 e. The zero-order valence-electron chi connectivity index (χ0n) is 18.6. The van der Waals surface area contributed by atoms with Gasteiger partial charge in [-0.25, -0.2) is 4.68 Å². The number of benzene rings is 2. The molecule has 2 N–H and O–H groups in total. The van der Waals surface area contributed by atoms with Gasteiger partial charge in [0.05, 0.1) is 5.69 Å². The fourth-order valence-electron chi connectivity index (χ4n) is 3.53. The van der Waals surface area contributed by atoms with Crippen LogP contribution in [0, 0.1) is 0 Å². The van der Waals surface area contributed by atoms with Crippen molar-refractivity contribution in [2.24, 2.45) is 5.73 Å². The number of nitrogens with zero attached hydrogens (tertiary/aromatic N) is 4. The monoisotopic (exact) mass is 451 g/mol. The van der Waals surface area contributed by atoms with Gasteiger partial charge in [0.25, 0.3) is 0 Å². The highest BCUT2D eigenvalue weighted by molar-refractivity contribution is 5.93. The van der Waals surface area contributed by atoms with Gasteiger partial charge in [-0.1, -0.05) is 48.5 Å². The van der Waals surface area contributed by atoms with Crippen LogP contribution in [0.2, 0.25) is 0 Å². The van der Waals surface area contributed by atoms with Crippen molar-refractivity contribution < 1.29 is 9.59 Å². The van der Waals surface area contributed by atoms with Crippen LogP contribution in [0.4, 0.5) is 0 Å². The van der Waals surface area contributed by atoms with Crippen molar-refractivity contribution in [3.05, 3.63) is 109 Å². The van der Waals surface area contributed by atoms with E-state index in [1.54, 1.807) is 28.1 Å². The molecular weight excluding hydrogens is 426 g/mol. The van der Waals surface area contributed by atoms with Gasteiger partial charge in [0, 0.05) is 55.3 Å². The first-order valence-electron chi connectivity index (χ1n) is 10.9. The molecule has 0 saturated carbocycles. The van der Waals surface area contributed by atoms with E-state index in [1.165, 1.54) is 6.08 Å². The van der Waals surface area contributed by atoms with Gasteiger partial charge in [-0.2, -0.15) is 5.10 Å². The summed E-state index contributed by atoms with van der Waals surface area (Å²) in [5.74, 6) is -0.660. The molecule has 2 amide bonds. The van der Waals surface area contributed by atoms with Crippen LogP contribution < -0.4 is 5.73 Å². The van der Waals surface area contributed by atoms with Gasteiger partial charge in [-0.05, 0) is 35.9 Å². The summed E-state index contributed by atoms with van der Waals surface area (Å²) in [7, 11) is 0. The first-order valence-corrected chi connectivity index (χ1v) is 10.9. The van der Waals surface area contributed by atoms with Crippen LogP contribution in [0.25, 0.3) is 23.0 Å². The summed E-state index contributed by atoms with van der Waals surface area (Å²) in [6.07, 6.45) is 8.68. The molecule has 2 heterocycles. The number of nitrogens with two attached hydrogens (primary N) is 1. The summed E-state index contributed by atoms with van der Waals surface area (Å²) in [6.45, 7) is 0.627. The molecule has 2 aromatic carbocycles. The predicted octanol–water partition coefficient (Wildman–Crippen LogP) is 3.85. The number of para-hydroxylation sites is 1. The Bertz CT molecular complexity index is 1270. The summed E-state index contributed by atoms with van der Waals surface area (Å²) in [5, 5.41) is 4.74. The lowest BCUT2D eigenvalue weighted by atomic mass is 10.1. The molecule has 34 heavy (non-hydrogen) atoms. The van der Waals surface area contributed by atoms with E-state index in [0.29, 0.717) is 12.2 Å². The Morgan fingerprint density at radius 2 is 1.71 bits per heavy atom. The normalized spacial score (nSPS) is 10.9. The Balaban J connectivity index is 1.63. The molecule has 4 rings (SSSR count). The van der Waals surface area contributed by atoms with Crippen LogP contribution in [-0.4, -0.2) is 38.0 Å². The van der Waals surface area contributed by atoms with Gasteiger partial charge in [0.1, 0.15) is 5.69 Å². The molecule has 0 saturated heterocycles. The molecular formula is C27H25N5O2. The zero-order chi connectivity index (χ0) is 23.8. The van der Waals surface area contributed by atoms with Crippen molar-refractivity contribution in [1.29, 1.82) is 0 Å². The second-order valence-corrected chi connectivity index (χ2v) is 7.75. The number of primary amides is 1. The SMILES string of the molecule is NC(=O)CCN(Cc1ccccc1)C(=O)/C=C/c1cn(-c2ccccc2)nc1-c1cccnc1. The Kier molecular flexibility index (Phi) is 7.25. The minimum atomic E-state index is -0.446. The largest absolute Gasteiger partial charge is 0.370 e. The Labute approximate surface area is 198 Å². The molecule has 0 fully saturated rings. The van der Waals surface area contributed by atoms with E-state index >= 15 is 0 Å². The van der Waals surface area contributed by atoms with Crippen molar-refractivity contribution in [2.45, 2.75) is 13.0 Å². The second-order valence-electron chi connectivity index (χ2n) is 7.75. The molecule has 0 aliphatic heterocycles. The topological polar surface area (TPSA) is 94.1 Å². The highest BCUT2D eigenvalue weighted by Gasteiger charge is 2.15. The van der Waals surface area contributed by atoms with E-state index in [9.17, 15) is 9.59 Å². The maximum atomic E-state index is 13.1. The number of carbonyl (C=O) groups is 2. The van der Waals surface area contributed by atoms with Crippen LogP contribution in [0.1, 0.15) is 17.5 Å². The van der Waals surface area contributed by atoms with Crippen molar-refractivity contribution >= 4 is 17.9 Å². The van der Waals surface area contributed by atoms with E-state index in [0.717, 1.165) is 22.4 Å². The molecule has 0 atom stereocenters. The Morgan fingerprint density at radius 1 is 0.971 bits per heavy atom. The minimum absolute atomic E-state index is 0.0965. The van der Waals surface area contributed by atoms with Gasteiger partial charge in [0.15, 0.2) is 0 Å². The Hall–Kier alpha value is -4.52. The number of carbonyl (C=O) groups excluding carboxylic acids is 2. The number of hydrogen-bond acceptors (Lipinski definition) is 4. The fourth-order valence-corrected chi connectivity index (χ4v) is 3.53. The molecule has 0 aliphatic rings. The van der Waals surface area contributed by atoms with Crippen LogP contribution in [0.3, 0.4) is 0 Å². The second kappa shape index (κ2) is 10.9. The average molecular weight is 452 g/mol. The predicted molar refractivity (Wildman–Crippen MR) is 131 cm³/mol. The first kappa shape index (κ1) is 22.7. The summed E-state index contributed by atoms with van der Waals surface area (Å²) in [6, 6.07) is 23.2. The molecule has 170 valence electrons. The van der Waals surface area contributed by atoms with Gasteiger partial charge in [-0.3, -0.25) is 14.6 Å². The van der Waals surface area contributed by atoms with Crippen LogP contribution in [0.15, 0.2) is 97.5 Å². The van der Waals surface area contributed by atoms with Gasteiger partial charge >= 0.3 is 0 Å². The Morgan fingerprint density at radius 3 is 2.38 bits per heavy atom. The number of aromatic nitrogens is 3. The first-order chi connectivity index (χ1) is 16.6. The highest BCUT2D eigenvalue weighted by atomic mass is 16.2. The van der Waals surface area contributed by atoms with E-state index in [1.807, 2.05) is 79.0 Å². The third-order valence-corrected chi connectivity index (χ3v) is 5.26. The highest BCUT2D eigenvalue weighted by Crippen LogP contribution is 2.24. The standard InChI is InChI=1S/C27H25N5O2/c28-25(33)15-17-31(19-21-8-3-1-4-9-21)26(34)14-13-23-20-32(24-11-5-2-6-12-24)30-27(23)22-10-7-16-29-18-22/h1-14,16,18,20H,15,17,19H2,(H2,28,33)/b14-13+. The van der Waals surface area contributed by atoms with Crippen LogP contribution in [-0.2, 0) is 16.1 Å². The quantitative estimate of drug-likeness (QED) is 0.391. The molecule has 7 nitrogen and oxygen atoms in total. The maximum Gasteiger partial charge on any atom is 0.246 e. The molecule has 0 radical (unpaired) electrons. The summed E-state index contributed by atoms with van der Waals surface area (Å²) < 4.78 is 1.78. The van der Waals surface area contributed by atoms with Crippen molar-refractivity contribution in [3.63, 3.8) is 0 Å². The number of hydrogen-bond donors (Lipinski definition) is 1. The third-order valence-electron chi connectivity index (χ3n) is 5.26. The summed E-state index contributed by atoms with van der Waals surface area (Å²) >= 11 is 0.